The molecule has 142 valence electrons. The van der Waals surface area contributed by atoms with Crippen LogP contribution >= 0.6 is 11.3 Å². The number of rotatable bonds is 3. The van der Waals surface area contributed by atoms with E-state index >= 15 is 0 Å². The molecule has 7 nitrogen and oxygen atoms in total. The van der Waals surface area contributed by atoms with E-state index in [9.17, 15) is 9.59 Å². The van der Waals surface area contributed by atoms with Crippen molar-refractivity contribution >= 4 is 23.3 Å². The van der Waals surface area contributed by atoms with E-state index in [0.717, 1.165) is 29.5 Å². The zero-order chi connectivity index (χ0) is 19.3. The molecule has 0 radical (unpaired) electrons. The Kier molecular flexibility index (Phi) is 3.83. The second-order valence-corrected chi connectivity index (χ2v) is 8.22. The summed E-state index contributed by atoms with van der Waals surface area (Å²) in [5, 5.41) is 8.89. The summed E-state index contributed by atoms with van der Waals surface area (Å²) in [4.78, 5) is 32.6. The molecule has 0 saturated carbocycles. The topological polar surface area (TPSA) is 88.3 Å². The lowest BCUT2D eigenvalue weighted by Gasteiger charge is -2.31. The second-order valence-electron chi connectivity index (χ2n) is 7.22. The first-order valence-corrected chi connectivity index (χ1v) is 10.1. The maximum absolute atomic E-state index is 13.2. The molecular formula is C20H18N4O3S. The van der Waals surface area contributed by atoms with Crippen molar-refractivity contribution in [3.05, 3.63) is 57.6 Å². The molecule has 2 aromatic heterocycles. The Morgan fingerprint density at radius 2 is 2.07 bits per heavy atom. The quantitative estimate of drug-likeness (QED) is 0.688. The van der Waals surface area contributed by atoms with Gasteiger partial charge in [0.25, 0.3) is 5.91 Å². The number of imide groups is 1. The van der Waals surface area contributed by atoms with Crippen LogP contribution in [-0.2, 0) is 23.3 Å². The van der Waals surface area contributed by atoms with Gasteiger partial charge >= 0.3 is 6.03 Å². The average Bonchev–Trinajstić information content (AvgIpc) is 3.40. The van der Waals surface area contributed by atoms with E-state index in [0.29, 0.717) is 12.2 Å². The first kappa shape index (κ1) is 17.1. The number of fused-ring (bicyclic) bond motifs is 2. The molecule has 1 unspecified atom stereocenters. The van der Waals surface area contributed by atoms with Crippen LogP contribution in [0.5, 0.6) is 0 Å². The van der Waals surface area contributed by atoms with Crippen LogP contribution in [0.15, 0.2) is 40.2 Å². The Bertz CT molecular complexity index is 1070. The Morgan fingerprint density at radius 1 is 1.25 bits per heavy atom. The smallest absolute Gasteiger partial charge is 0.325 e. The predicted molar refractivity (Wildman–Crippen MR) is 102 cm³/mol. The highest BCUT2D eigenvalue weighted by Gasteiger charge is 2.54. The first-order chi connectivity index (χ1) is 13.6. The Labute approximate surface area is 165 Å². The monoisotopic (exact) mass is 394 g/mol. The molecule has 1 saturated heterocycles. The first-order valence-electron chi connectivity index (χ1n) is 9.17. The molecule has 1 fully saturated rings. The molecule has 5 rings (SSSR count). The predicted octanol–water partition coefficient (Wildman–Crippen LogP) is 3.39. The van der Waals surface area contributed by atoms with E-state index in [4.69, 9.17) is 4.52 Å². The number of amides is 3. The standard InChI is InChI=1S/C20H18N4O3S/c1-12-4-6-13(7-5-12)17-21-16(27-23-17)11-24-18(25)20(22-19(24)26)9-2-3-15-14(20)8-10-28-15/h4-8,10H,2-3,9,11H2,1H3,(H,22,26). The zero-order valence-electron chi connectivity index (χ0n) is 15.3. The van der Waals surface area contributed by atoms with Crippen LogP contribution in [0.1, 0.15) is 34.7 Å². The van der Waals surface area contributed by atoms with Gasteiger partial charge in [0.15, 0.2) is 0 Å². The fourth-order valence-electron chi connectivity index (χ4n) is 3.96. The molecule has 0 bridgehead atoms. The maximum Gasteiger partial charge on any atom is 0.325 e. The fourth-order valence-corrected chi connectivity index (χ4v) is 4.96. The van der Waals surface area contributed by atoms with Gasteiger partial charge in [0.2, 0.25) is 11.7 Å². The van der Waals surface area contributed by atoms with Crippen LogP contribution in [0, 0.1) is 6.92 Å². The summed E-state index contributed by atoms with van der Waals surface area (Å²) in [6, 6.07) is 9.28. The maximum atomic E-state index is 13.2. The van der Waals surface area contributed by atoms with Crippen molar-refractivity contribution in [3.8, 4) is 11.4 Å². The molecule has 28 heavy (non-hydrogen) atoms. The highest BCUT2D eigenvalue weighted by molar-refractivity contribution is 7.10. The van der Waals surface area contributed by atoms with Crippen molar-refractivity contribution in [1.82, 2.24) is 20.4 Å². The van der Waals surface area contributed by atoms with E-state index in [1.165, 1.54) is 9.78 Å². The van der Waals surface area contributed by atoms with Crippen molar-refractivity contribution in [2.45, 2.75) is 38.3 Å². The minimum absolute atomic E-state index is 0.0370. The largest absolute Gasteiger partial charge is 0.337 e. The number of nitrogens with one attached hydrogen (secondary N) is 1. The summed E-state index contributed by atoms with van der Waals surface area (Å²) < 4.78 is 5.31. The third-order valence-electron chi connectivity index (χ3n) is 5.41. The van der Waals surface area contributed by atoms with E-state index in [-0.39, 0.29) is 18.3 Å². The number of aryl methyl sites for hydroxylation is 2. The number of nitrogens with zero attached hydrogens (tertiary/aromatic N) is 3. The van der Waals surface area contributed by atoms with E-state index < -0.39 is 11.6 Å². The van der Waals surface area contributed by atoms with Crippen LogP contribution in [0.3, 0.4) is 0 Å². The van der Waals surface area contributed by atoms with Crippen molar-refractivity contribution < 1.29 is 14.1 Å². The van der Waals surface area contributed by atoms with Gasteiger partial charge in [-0.05, 0) is 37.6 Å². The molecule has 3 aromatic rings. The van der Waals surface area contributed by atoms with Crippen molar-refractivity contribution in [3.63, 3.8) is 0 Å². The third kappa shape index (κ3) is 2.56. The molecule has 1 aliphatic heterocycles. The Hall–Kier alpha value is -3.00. The van der Waals surface area contributed by atoms with Gasteiger partial charge in [-0.1, -0.05) is 35.0 Å². The van der Waals surface area contributed by atoms with E-state index in [1.54, 1.807) is 11.3 Å². The third-order valence-corrected chi connectivity index (χ3v) is 6.39. The molecule has 1 atom stereocenters. The van der Waals surface area contributed by atoms with Crippen molar-refractivity contribution in [2.75, 3.05) is 0 Å². The number of carbonyl (C=O) groups excluding carboxylic acids is 2. The number of aromatic nitrogens is 2. The zero-order valence-corrected chi connectivity index (χ0v) is 16.1. The van der Waals surface area contributed by atoms with Crippen molar-refractivity contribution in [1.29, 1.82) is 0 Å². The normalized spacial score (nSPS) is 21.2. The molecule has 1 aliphatic carbocycles. The molecule has 3 heterocycles. The Balaban J connectivity index is 1.41. The summed E-state index contributed by atoms with van der Waals surface area (Å²) in [5.74, 6) is 0.430. The summed E-state index contributed by atoms with van der Waals surface area (Å²) in [5.41, 5.74) is 1.93. The number of carbonyl (C=O) groups is 2. The number of hydrogen-bond acceptors (Lipinski definition) is 6. The van der Waals surface area contributed by atoms with Crippen LogP contribution in [0.4, 0.5) is 4.79 Å². The lowest BCUT2D eigenvalue weighted by molar-refractivity contribution is -0.132. The van der Waals surface area contributed by atoms with Crippen LogP contribution in [0.2, 0.25) is 0 Å². The van der Waals surface area contributed by atoms with Crippen molar-refractivity contribution in [2.24, 2.45) is 0 Å². The van der Waals surface area contributed by atoms with Gasteiger partial charge in [-0.15, -0.1) is 11.3 Å². The molecular weight excluding hydrogens is 376 g/mol. The summed E-state index contributed by atoms with van der Waals surface area (Å²) in [6.45, 7) is 1.97. The molecule has 1 aromatic carbocycles. The Morgan fingerprint density at radius 3 is 2.89 bits per heavy atom. The average molecular weight is 394 g/mol. The SMILES string of the molecule is Cc1ccc(-c2noc(CN3C(=O)NC4(CCCc5sccc54)C3=O)n2)cc1. The summed E-state index contributed by atoms with van der Waals surface area (Å²) in [6.07, 6.45) is 2.42. The minimum Gasteiger partial charge on any atom is -0.337 e. The summed E-state index contributed by atoms with van der Waals surface area (Å²) >= 11 is 1.63. The molecule has 1 N–H and O–H groups in total. The van der Waals surface area contributed by atoms with Gasteiger partial charge < -0.3 is 9.84 Å². The van der Waals surface area contributed by atoms with Gasteiger partial charge in [0.05, 0.1) is 0 Å². The second kappa shape index (κ2) is 6.27. The molecule has 2 aliphatic rings. The van der Waals surface area contributed by atoms with Gasteiger partial charge in [0.1, 0.15) is 12.1 Å². The summed E-state index contributed by atoms with van der Waals surface area (Å²) in [7, 11) is 0. The van der Waals surface area contributed by atoms with Crippen LogP contribution < -0.4 is 5.32 Å². The van der Waals surface area contributed by atoms with Gasteiger partial charge in [-0.2, -0.15) is 4.98 Å². The number of urea groups is 1. The van der Waals surface area contributed by atoms with E-state index in [1.807, 2.05) is 42.6 Å². The molecule has 1 spiro atoms. The highest BCUT2D eigenvalue weighted by atomic mass is 32.1. The lowest BCUT2D eigenvalue weighted by Crippen LogP contribution is -2.46. The molecule has 3 amide bonds. The van der Waals surface area contributed by atoms with Crippen LogP contribution in [-0.4, -0.2) is 27.0 Å². The fraction of sp³-hybridized carbons (Fsp3) is 0.300. The minimum atomic E-state index is -0.954. The van der Waals surface area contributed by atoms with Gasteiger partial charge in [-0.25, -0.2) is 4.79 Å². The number of benzene rings is 1. The van der Waals surface area contributed by atoms with Crippen LogP contribution in [0.25, 0.3) is 11.4 Å². The lowest BCUT2D eigenvalue weighted by atomic mass is 9.80. The van der Waals surface area contributed by atoms with E-state index in [2.05, 4.69) is 15.5 Å². The molecule has 8 heteroatoms. The highest BCUT2D eigenvalue weighted by Crippen LogP contribution is 2.42. The van der Waals surface area contributed by atoms with Gasteiger partial charge in [0, 0.05) is 16.0 Å². The number of thiophene rings is 1. The number of hydrogen-bond donors (Lipinski definition) is 1. The van der Waals surface area contributed by atoms with Gasteiger partial charge in [-0.3, -0.25) is 9.69 Å².